The molecule has 3 rings (SSSR count). The van der Waals surface area contributed by atoms with Crippen molar-refractivity contribution in [2.45, 2.75) is 32.7 Å². The van der Waals surface area contributed by atoms with E-state index in [1.165, 1.54) is 0 Å². The number of piperidine rings is 1. The maximum Gasteiger partial charge on any atom is 0.278 e. The van der Waals surface area contributed by atoms with Gasteiger partial charge in [0.15, 0.2) is 11.4 Å². The molecule has 1 saturated heterocycles. The second-order valence-electron chi connectivity index (χ2n) is 6.96. The summed E-state index contributed by atoms with van der Waals surface area (Å²) < 4.78 is 7.59. The minimum Gasteiger partial charge on any atom is -0.489 e. The van der Waals surface area contributed by atoms with Gasteiger partial charge in [0.25, 0.3) is 5.91 Å². The van der Waals surface area contributed by atoms with E-state index < -0.39 is 0 Å². The van der Waals surface area contributed by atoms with Crippen molar-refractivity contribution in [1.82, 2.24) is 14.7 Å². The largest absolute Gasteiger partial charge is 0.489 e. The summed E-state index contributed by atoms with van der Waals surface area (Å²) in [7, 11) is 0. The first-order chi connectivity index (χ1) is 12.0. The number of carbonyl (C=O) groups excluding carboxylic acids is 1. The number of nitrogens with zero attached hydrogens (tertiary/aromatic N) is 3. The zero-order valence-electron chi connectivity index (χ0n) is 14.9. The summed E-state index contributed by atoms with van der Waals surface area (Å²) in [6.07, 6.45) is 3.45. The van der Waals surface area contributed by atoms with Gasteiger partial charge in [-0.15, -0.1) is 0 Å². The van der Waals surface area contributed by atoms with Crippen molar-refractivity contribution < 1.29 is 9.53 Å². The van der Waals surface area contributed by atoms with Crippen LogP contribution in [0.25, 0.3) is 5.69 Å². The van der Waals surface area contributed by atoms with E-state index in [0.717, 1.165) is 18.5 Å². The Morgan fingerprint density at radius 2 is 1.96 bits per heavy atom. The Morgan fingerprint density at radius 3 is 2.60 bits per heavy atom. The number of nitrogens with two attached hydrogens (primary N) is 1. The van der Waals surface area contributed by atoms with Crippen LogP contribution in [0.4, 0.5) is 0 Å². The SMILES string of the molecule is CC(C)COc1cn(-c2ccccc2)nc1C(=O)N1CCC(N)CC1. The van der Waals surface area contributed by atoms with Gasteiger partial charge in [0.1, 0.15) is 0 Å². The van der Waals surface area contributed by atoms with Crippen molar-refractivity contribution in [3.05, 3.63) is 42.2 Å². The average molecular weight is 342 g/mol. The zero-order chi connectivity index (χ0) is 17.8. The van der Waals surface area contributed by atoms with E-state index in [1.54, 1.807) is 10.9 Å². The molecule has 1 fully saturated rings. The van der Waals surface area contributed by atoms with E-state index >= 15 is 0 Å². The quantitative estimate of drug-likeness (QED) is 0.906. The van der Waals surface area contributed by atoms with Crippen molar-refractivity contribution in [3.8, 4) is 11.4 Å². The van der Waals surface area contributed by atoms with Gasteiger partial charge in [-0.3, -0.25) is 4.79 Å². The first-order valence-electron chi connectivity index (χ1n) is 8.87. The lowest BCUT2D eigenvalue weighted by atomic mass is 10.1. The number of rotatable bonds is 5. The first kappa shape index (κ1) is 17.5. The minimum atomic E-state index is -0.0830. The van der Waals surface area contributed by atoms with Crippen LogP contribution >= 0.6 is 0 Å². The lowest BCUT2D eigenvalue weighted by molar-refractivity contribution is 0.0703. The normalized spacial score (nSPS) is 15.6. The average Bonchev–Trinajstić information content (AvgIpc) is 3.05. The van der Waals surface area contributed by atoms with Crippen LogP contribution in [0.2, 0.25) is 0 Å². The van der Waals surface area contributed by atoms with E-state index in [4.69, 9.17) is 10.5 Å². The van der Waals surface area contributed by atoms with E-state index in [-0.39, 0.29) is 11.9 Å². The Labute approximate surface area is 148 Å². The van der Waals surface area contributed by atoms with E-state index in [0.29, 0.717) is 37.1 Å². The molecule has 25 heavy (non-hydrogen) atoms. The highest BCUT2D eigenvalue weighted by Crippen LogP contribution is 2.23. The molecule has 2 heterocycles. The molecule has 2 N–H and O–H groups in total. The Kier molecular flexibility index (Phi) is 5.38. The van der Waals surface area contributed by atoms with Crippen LogP contribution in [-0.4, -0.2) is 46.3 Å². The van der Waals surface area contributed by atoms with Crippen LogP contribution in [-0.2, 0) is 0 Å². The number of aromatic nitrogens is 2. The highest BCUT2D eigenvalue weighted by molar-refractivity contribution is 5.95. The molecule has 0 bridgehead atoms. The molecule has 1 aromatic heterocycles. The van der Waals surface area contributed by atoms with Crippen LogP contribution < -0.4 is 10.5 Å². The van der Waals surface area contributed by atoms with Crippen molar-refractivity contribution >= 4 is 5.91 Å². The molecular formula is C19H26N4O2. The molecule has 134 valence electrons. The monoisotopic (exact) mass is 342 g/mol. The maximum absolute atomic E-state index is 12.9. The number of amides is 1. The summed E-state index contributed by atoms with van der Waals surface area (Å²) in [5, 5.41) is 4.52. The van der Waals surface area contributed by atoms with Crippen molar-refractivity contribution in [3.63, 3.8) is 0 Å². The summed E-state index contributed by atoms with van der Waals surface area (Å²) in [5.74, 6) is 0.828. The van der Waals surface area contributed by atoms with Gasteiger partial charge in [-0.2, -0.15) is 5.10 Å². The topological polar surface area (TPSA) is 73.4 Å². The molecule has 1 aliphatic rings. The van der Waals surface area contributed by atoms with Crippen LogP contribution in [0, 0.1) is 5.92 Å². The molecule has 1 aromatic carbocycles. The Morgan fingerprint density at radius 1 is 1.28 bits per heavy atom. The molecule has 1 aliphatic heterocycles. The van der Waals surface area contributed by atoms with Gasteiger partial charge < -0.3 is 15.4 Å². The third-order valence-electron chi connectivity index (χ3n) is 4.30. The second-order valence-corrected chi connectivity index (χ2v) is 6.96. The molecule has 6 heteroatoms. The van der Waals surface area contributed by atoms with Crippen LogP contribution in [0.5, 0.6) is 5.75 Å². The fraction of sp³-hybridized carbons (Fsp3) is 0.474. The van der Waals surface area contributed by atoms with Gasteiger partial charge in [0.2, 0.25) is 0 Å². The van der Waals surface area contributed by atoms with Gasteiger partial charge in [-0.05, 0) is 30.9 Å². The molecule has 0 saturated carbocycles. The second kappa shape index (κ2) is 7.70. The van der Waals surface area contributed by atoms with E-state index in [9.17, 15) is 4.79 Å². The molecule has 0 radical (unpaired) electrons. The fourth-order valence-corrected chi connectivity index (χ4v) is 2.83. The number of likely N-dealkylation sites (tertiary alicyclic amines) is 1. The maximum atomic E-state index is 12.9. The van der Waals surface area contributed by atoms with Gasteiger partial charge in [-0.1, -0.05) is 32.0 Å². The van der Waals surface area contributed by atoms with Crippen LogP contribution in [0.1, 0.15) is 37.2 Å². The summed E-state index contributed by atoms with van der Waals surface area (Å²) in [5.41, 5.74) is 7.22. The highest BCUT2D eigenvalue weighted by Gasteiger charge is 2.27. The van der Waals surface area contributed by atoms with Crippen LogP contribution in [0.3, 0.4) is 0 Å². The zero-order valence-corrected chi connectivity index (χ0v) is 14.9. The molecule has 1 amide bonds. The minimum absolute atomic E-state index is 0.0830. The van der Waals surface area contributed by atoms with Crippen molar-refractivity contribution in [2.75, 3.05) is 19.7 Å². The Bertz CT molecular complexity index is 703. The number of benzene rings is 1. The Balaban J connectivity index is 1.87. The van der Waals surface area contributed by atoms with E-state index in [1.807, 2.05) is 35.2 Å². The lowest BCUT2D eigenvalue weighted by Gasteiger charge is -2.29. The third kappa shape index (κ3) is 4.20. The fourth-order valence-electron chi connectivity index (χ4n) is 2.83. The summed E-state index contributed by atoms with van der Waals surface area (Å²) >= 11 is 0. The molecule has 0 unspecified atom stereocenters. The van der Waals surface area contributed by atoms with Crippen molar-refractivity contribution in [2.24, 2.45) is 11.7 Å². The molecule has 0 aliphatic carbocycles. The first-order valence-corrected chi connectivity index (χ1v) is 8.87. The van der Waals surface area contributed by atoms with Gasteiger partial charge in [0.05, 0.1) is 18.5 Å². The van der Waals surface area contributed by atoms with Gasteiger partial charge in [-0.25, -0.2) is 4.68 Å². The predicted octanol–water partition coefficient (Wildman–Crippen LogP) is 2.47. The number of carbonyl (C=O) groups is 1. The number of ether oxygens (including phenoxy) is 1. The molecule has 0 spiro atoms. The predicted molar refractivity (Wildman–Crippen MR) is 97.0 cm³/mol. The van der Waals surface area contributed by atoms with Crippen molar-refractivity contribution in [1.29, 1.82) is 0 Å². The van der Waals surface area contributed by atoms with Crippen LogP contribution in [0.15, 0.2) is 36.5 Å². The molecule has 0 atom stereocenters. The third-order valence-corrected chi connectivity index (χ3v) is 4.30. The molecular weight excluding hydrogens is 316 g/mol. The van der Waals surface area contributed by atoms with Gasteiger partial charge in [0, 0.05) is 19.1 Å². The number of hydrogen-bond donors (Lipinski definition) is 1. The van der Waals surface area contributed by atoms with E-state index in [2.05, 4.69) is 18.9 Å². The molecule has 6 nitrogen and oxygen atoms in total. The number of hydrogen-bond acceptors (Lipinski definition) is 4. The highest BCUT2D eigenvalue weighted by atomic mass is 16.5. The summed E-state index contributed by atoms with van der Waals surface area (Å²) in [4.78, 5) is 14.8. The smallest absolute Gasteiger partial charge is 0.278 e. The molecule has 2 aromatic rings. The standard InChI is InChI=1S/C19H26N4O2/c1-14(2)13-25-17-12-23(16-6-4-3-5-7-16)21-18(17)19(24)22-10-8-15(20)9-11-22/h3-7,12,14-15H,8-11,13,20H2,1-2H3. The summed E-state index contributed by atoms with van der Waals surface area (Å²) in [6.45, 7) is 6.04. The number of para-hydroxylation sites is 1. The van der Waals surface area contributed by atoms with Gasteiger partial charge >= 0.3 is 0 Å². The summed E-state index contributed by atoms with van der Waals surface area (Å²) in [6, 6.07) is 9.92. The Hall–Kier alpha value is -2.34. The lowest BCUT2D eigenvalue weighted by Crippen LogP contribution is -2.43.